The molecule has 0 saturated carbocycles. The van der Waals surface area contributed by atoms with Crippen molar-refractivity contribution in [2.24, 2.45) is 0 Å². The molecule has 0 aliphatic carbocycles. The van der Waals surface area contributed by atoms with E-state index in [1.54, 1.807) is 18.2 Å². The zero-order valence-corrected chi connectivity index (χ0v) is 19.1. The summed E-state index contributed by atoms with van der Waals surface area (Å²) in [4.78, 5) is 12.6. The molecule has 1 aliphatic rings. The fraction of sp³-hybridized carbons (Fsp3) is 0.160. The summed E-state index contributed by atoms with van der Waals surface area (Å²) in [7, 11) is 0. The van der Waals surface area contributed by atoms with Crippen molar-refractivity contribution in [3.8, 4) is 28.6 Å². The average molecular weight is 459 g/mol. The third kappa shape index (κ3) is 4.56. The molecule has 7 nitrogen and oxygen atoms in total. The van der Waals surface area contributed by atoms with Crippen molar-refractivity contribution < 1.29 is 14.3 Å². The number of hydrogen-bond acceptors (Lipinski definition) is 6. The maximum atomic E-state index is 12.6. The Hall–Kier alpha value is -3.78. The van der Waals surface area contributed by atoms with E-state index in [1.807, 2.05) is 35.8 Å². The van der Waals surface area contributed by atoms with Gasteiger partial charge in [0.25, 0.3) is 0 Å². The first-order valence-corrected chi connectivity index (χ1v) is 11.5. The predicted octanol–water partition coefficient (Wildman–Crippen LogP) is 5.01. The highest BCUT2D eigenvalue weighted by Gasteiger charge is 2.18. The number of thioether (sulfide) groups is 1. The van der Waals surface area contributed by atoms with E-state index in [0.29, 0.717) is 22.3 Å². The molecule has 0 saturated heterocycles. The molecule has 0 unspecified atom stereocenters. The van der Waals surface area contributed by atoms with Gasteiger partial charge in [-0.05, 0) is 38.1 Å². The number of aromatic nitrogens is 3. The first-order valence-electron chi connectivity index (χ1n) is 10.5. The summed E-state index contributed by atoms with van der Waals surface area (Å²) in [6.45, 7) is 4.29. The number of anilines is 1. The Morgan fingerprint density at radius 1 is 0.939 bits per heavy atom. The van der Waals surface area contributed by atoms with Crippen LogP contribution in [-0.2, 0) is 4.79 Å². The maximum absolute atomic E-state index is 12.6. The number of fused-ring (bicyclic) bond motifs is 1. The van der Waals surface area contributed by atoms with Crippen molar-refractivity contribution in [3.63, 3.8) is 0 Å². The number of hydrogen-bond donors (Lipinski definition) is 1. The van der Waals surface area contributed by atoms with E-state index >= 15 is 0 Å². The first-order chi connectivity index (χ1) is 16.1. The van der Waals surface area contributed by atoms with Crippen LogP contribution in [-0.4, -0.2) is 33.2 Å². The SMILES string of the molecule is Cc1ccc(-c2nnc(SCC(=O)Nc3ccc4c(c3)OCO4)n2-c2ccc(C)cc2)cc1. The molecule has 2 heterocycles. The van der Waals surface area contributed by atoms with Crippen LogP contribution < -0.4 is 14.8 Å². The van der Waals surface area contributed by atoms with Gasteiger partial charge in [0.2, 0.25) is 12.7 Å². The van der Waals surface area contributed by atoms with E-state index < -0.39 is 0 Å². The van der Waals surface area contributed by atoms with Gasteiger partial charge in [0.1, 0.15) is 0 Å². The molecule has 166 valence electrons. The molecule has 5 rings (SSSR count). The molecule has 1 aliphatic heterocycles. The van der Waals surface area contributed by atoms with Gasteiger partial charge in [0, 0.05) is 23.0 Å². The van der Waals surface area contributed by atoms with Crippen LogP contribution in [0, 0.1) is 13.8 Å². The van der Waals surface area contributed by atoms with E-state index in [9.17, 15) is 4.79 Å². The van der Waals surface area contributed by atoms with Crippen LogP contribution in [0.4, 0.5) is 5.69 Å². The third-order valence-electron chi connectivity index (χ3n) is 5.22. The normalized spacial score (nSPS) is 12.1. The second kappa shape index (κ2) is 8.99. The molecule has 1 amide bonds. The van der Waals surface area contributed by atoms with Gasteiger partial charge in [-0.2, -0.15) is 0 Å². The summed E-state index contributed by atoms with van der Waals surface area (Å²) in [6, 6.07) is 21.7. The van der Waals surface area contributed by atoms with Crippen LogP contribution in [0.1, 0.15) is 11.1 Å². The Labute approximate surface area is 195 Å². The topological polar surface area (TPSA) is 78.3 Å². The minimum Gasteiger partial charge on any atom is -0.454 e. The summed E-state index contributed by atoms with van der Waals surface area (Å²) >= 11 is 1.34. The maximum Gasteiger partial charge on any atom is 0.234 e. The van der Waals surface area contributed by atoms with Crippen LogP contribution >= 0.6 is 11.8 Å². The molecular weight excluding hydrogens is 436 g/mol. The minimum absolute atomic E-state index is 0.144. The zero-order valence-electron chi connectivity index (χ0n) is 18.2. The highest BCUT2D eigenvalue weighted by atomic mass is 32.2. The largest absolute Gasteiger partial charge is 0.454 e. The highest BCUT2D eigenvalue weighted by molar-refractivity contribution is 7.99. The van der Waals surface area contributed by atoms with E-state index in [2.05, 4.69) is 46.7 Å². The molecule has 3 aromatic carbocycles. The van der Waals surface area contributed by atoms with E-state index in [1.165, 1.54) is 22.9 Å². The standard InChI is InChI=1S/C25H22N4O3S/c1-16-3-7-18(8-4-16)24-27-28-25(29(24)20-10-5-17(2)6-11-20)33-14-23(30)26-19-9-12-21-22(13-19)32-15-31-21/h3-13H,14-15H2,1-2H3,(H,26,30). The number of carbonyl (C=O) groups is 1. The number of nitrogens with zero attached hydrogens (tertiary/aromatic N) is 3. The second-order valence-electron chi connectivity index (χ2n) is 7.75. The predicted molar refractivity (Wildman–Crippen MR) is 128 cm³/mol. The molecule has 8 heteroatoms. The van der Waals surface area contributed by atoms with Gasteiger partial charge in [0.15, 0.2) is 22.5 Å². The fourth-order valence-electron chi connectivity index (χ4n) is 3.48. The van der Waals surface area contributed by atoms with Gasteiger partial charge < -0.3 is 14.8 Å². The van der Waals surface area contributed by atoms with Crippen LogP contribution in [0.3, 0.4) is 0 Å². The van der Waals surface area contributed by atoms with E-state index in [0.717, 1.165) is 17.1 Å². The van der Waals surface area contributed by atoms with Crippen molar-refractivity contribution >= 4 is 23.4 Å². The van der Waals surface area contributed by atoms with E-state index in [4.69, 9.17) is 9.47 Å². The van der Waals surface area contributed by atoms with Gasteiger partial charge in [0.05, 0.1) is 5.75 Å². The van der Waals surface area contributed by atoms with Crippen LogP contribution in [0.15, 0.2) is 71.9 Å². The molecule has 0 fully saturated rings. The molecule has 0 spiro atoms. The minimum atomic E-state index is -0.144. The number of nitrogens with one attached hydrogen (secondary N) is 1. The van der Waals surface area contributed by atoms with E-state index in [-0.39, 0.29) is 18.5 Å². The number of aryl methyl sites for hydroxylation is 2. The second-order valence-corrected chi connectivity index (χ2v) is 8.69. The molecule has 0 bridgehead atoms. The summed E-state index contributed by atoms with van der Waals surface area (Å²) < 4.78 is 12.7. The van der Waals surface area contributed by atoms with Crippen molar-refractivity contribution in [1.82, 2.24) is 14.8 Å². The van der Waals surface area contributed by atoms with Crippen LogP contribution in [0.5, 0.6) is 11.5 Å². The van der Waals surface area contributed by atoms with Gasteiger partial charge in [-0.15, -0.1) is 10.2 Å². The summed E-state index contributed by atoms with van der Waals surface area (Å²) in [5.41, 5.74) is 4.91. The first kappa shape index (κ1) is 21.1. The quantitative estimate of drug-likeness (QED) is 0.409. The lowest BCUT2D eigenvalue weighted by Crippen LogP contribution is -2.14. The fourth-order valence-corrected chi connectivity index (χ4v) is 4.23. The van der Waals surface area contributed by atoms with Crippen LogP contribution in [0.2, 0.25) is 0 Å². The van der Waals surface area contributed by atoms with Crippen LogP contribution in [0.25, 0.3) is 17.1 Å². The van der Waals surface area contributed by atoms with Gasteiger partial charge in [-0.3, -0.25) is 9.36 Å². The molecule has 0 atom stereocenters. The summed E-state index contributed by atoms with van der Waals surface area (Å²) in [6.07, 6.45) is 0. The molecule has 1 aromatic heterocycles. The van der Waals surface area contributed by atoms with Gasteiger partial charge in [-0.25, -0.2) is 0 Å². The van der Waals surface area contributed by atoms with Gasteiger partial charge in [-0.1, -0.05) is 59.3 Å². The summed E-state index contributed by atoms with van der Waals surface area (Å²) in [5, 5.41) is 12.4. The molecule has 1 N–H and O–H groups in total. The Kier molecular flexibility index (Phi) is 5.75. The lowest BCUT2D eigenvalue weighted by atomic mass is 10.1. The zero-order chi connectivity index (χ0) is 22.8. The Morgan fingerprint density at radius 3 is 2.39 bits per heavy atom. The Balaban J connectivity index is 1.37. The third-order valence-corrected chi connectivity index (χ3v) is 6.15. The number of rotatable bonds is 6. The molecular formula is C25H22N4O3S. The monoisotopic (exact) mass is 458 g/mol. The molecule has 0 radical (unpaired) electrons. The lowest BCUT2D eigenvalue weighted by molar-refractivity contribution is -0.113. The number of benzene rings is 3. The number of carbonyl (C=O) groups excluding carboxylic acids is 1. The number of amides is 1. The van der Waals surface area contributed by atoms with Crippen molar-refractivity contribution in [3.05, 3.63) is 77.9 Å². The molecule has 33 heavy (non-hydrogen) atoms. The van der Waals surface area contributed by atoms with Gasteiger partial charge >= 0.3 is 0 Å². The van der Waals surface area contributed by atoms with Crippen molar-refractivity contribution in [2.75, 3.05) is 17.9 Å². The van der Waals surface area contributed by atoms with Crippen molar-refractivity contribution in [2.45, 2.75) is 19.0 Å². The number of ether oxygens (including phenoxy) is 2. The lowest BCUT2D eigenvalue weighted by Gasteiger charge is -2.11. The smallest absolute Gasteiger partial charge is 0.234 e. The Bertz CT molecular complexity index is 1300. The van der Waals surface area contributed by atoms with Crippen molar-refractivity contribution in [1.29, 1.82) is 0 Å². The summed E-state index contributed by atoms with van der Waals surface area (Å²) in [5.74, 6) is 2.08. The Morgan fingerprint density at radius 2 is 1.64 bits per heavy atom. The average Bonchev–Trinajstić information content (AvgIpc) is 3.45. The highest BCUT2D eigenvalue weighted by Crippen LogP contribution is 2.34. The molecule has 4 aromatic rings.